The molecule has 0 aromatic carbocycles. The van der Waals surface area contributed by atoms with Gasteiger partial charge in [0.1, 0.15) is 0 Å². The Balaban J connectivity index is 4.71. The maximum absolute atomic E-state index is 14.4. The van der Waals surface area contributed by atoms with E-state index < -0.39 is 6.17 Å². The Morgan fingerprint density at radius 3 is 1.06 bits per heavy atom. The largest absolute Gasteiger partial charge is 0.369 e. The van der Waals surface area contributed by atoms with E-state index in [1.54, 1.807) is 0 Å². The highest BCUT2D eigenvalue weighted by Gasteiger charge is 2.41. The molecule has 0 aromatic rings. The van der Waals surface area contributed by atoms with Crippen LogP contribution in [0, 0.1) is 0 Å². The maximum atomic E-state index is 14.4. The van der Waals surface area contributed by atoms with Crippen molar-refractivity contribution >= 4 is 0 Å². The van der Waals surface area contributed by atoms with Gasteiger partial charge in [-0.1, -0.05) is 27.7 Å². The third-order valence-corrected chi connectivity index (χ3v) is 2.74. The van der Waals surface area contributed by atoms with E-state index in [2.05, 4.69) is 0 Å². The van der Waals surface area contributed by atoms with Crippen LogP contribution in [0.15, 0.2) is 0 Å². The lowest BCUT2D eigenvalue weighted by Crippen LogP contribution is -2.55. The van der Waals surface area contributed by atoms with Crippen molar-refractivity contribution in [3.8, 4) is 0 Å². The summed E-state index contributed by atoms with van der Waals surface area (Å²) in [5.41, 5.74) is 0. The Bertz CT molecular complexity index is 156. The topological polar surface area (TPSA) is 6.48 Å². The van der Waals surface area contributed by atoms with Crippen LogP contribution in [0.5, 0.6) is 0 Å². The van der Waals surface area contributed by atoms with Gasteiger partial charge in [-0.25, -0.2) is 9.80 Å². The smallest absolute Gasteiger partial charge is 0.230 e. The lowest BCUT2D eigenvalue weighted by molar-refractivity contribution is -0.252. The zero-order valence-corrected chi connectivity index (χ0v) is 11.8. The molecule has 0 saturated carbocycles. The van der Waals surface area contributed by atoms with Gasteiger partial charge in [-0.2, -0.15) is 8.78 Å². The highest BCUT2D eigenvalue weighted by atomic mass is 19.3. The first-order valence-corrected chi connectivity index (χ1v) is 6.92. The number of hydrogen-bond acceptors (Lipinski definition) is 2. The second kappa shape index (κ2) is 8.81. The lowest BCUT2D eigenvalue weighted by atomic mass is 10.3. The van der Waals surface area contributed by atoms with E-state index in [-0.39, 0.29) is 0 Å². The molecule has 0 N–H and O–H groups in total. The van der Waals surface area contributed by atoms with Gasteiger partial charge in [0.05, 0.1) is 0 Å². The molecule has 0 fully saturated rings. The zero-order valence-electron chi connectivity index (χ0n) is 11.8. The Labute approximate surface area is 105 Å². The summed E-state index contributed by atoms with van der Waals surface area (Å²) >= 11 is 0. The van der Waals surface area contributed by atoms with Crippen LogP contribution in [0.2, 0.25) is 0 Å². The van der Waals surface area contributed by atoms with Gasteiger partial charge in [0, 0.05) is 26.2 Å². The molecule has 0 heterocycles. The van der Waals surface area contributed by atoms with E-state index >= 15 is 0 Å². The Morgan fingerprint density at radius 1 is 0.647 bits per heavy atom. The molecule has 0 amide bonds. The number of alkyl halides is 2. The van der Waals surface area contributed by atoms with Crippen molar-refractivity contribution in [1.29, 1.82) is 0 Å². The molecule has 0 saturated heterocycles. The molecule has 0 spiro atoms. The van der Waals surface area contributed by atoms with E-state index in [1.165, 1.54) is 9.80 Å². The van der Waals surface area contributed by atoms with Crippen molar-refractivity contribution in [2.24, 2.45) is 0 Å². The van der Waals surface area contributed by atoms with Crippen molar-refractivity contribution in [3.63, 3.8) is 0 Å². The molecule has 0 bridgehead atoms. The summed E-state index contributed by atoms with van der Waals surface area (Å²) in [6.45, 7) is 9.64. The first-order chi connectivity index (χ1) is 8.04. The van der Waals surface area contributed by atoms with Crippen LogP contribution < -0.4 is 0 Å². The molecular formula is C13H28F2N2. The minimum Gasteiger partial charge on any atom is -0.230 e. The van der Waals surface area contributed by atoms with Gasteiger partial charge >= 0.3 is 6.17 Å². The number of rotatable bonds is 10. The third-order valence-electron chi connectivity index (χ3n) is 2.74. The van der Waals surface area contributed by atoms with Crippen LogP contribution in [0.1, 0.15) is 53.4 Å². The second-order valence-corrected chi connectivity index (χ2v) is 4.48. The summed E-state index contributed by atoms with van der Waals surface area (Å²) in [5, 5.41) is 0. The summed E-state index contributed by atoms with van der Waals surface area (Å²) in [6, 6.07) is 0. The van der Waals surface area contributed by atoms with Gasteiger partial charge in [-0.3, -0.25) is 0 Å². The predicted octanol–water partition coefficient (Wildman–Crippen LogP) is 3.78. The third kappa shape index (κ3) is 5.30. The monoisotopic (exact) mass is 250 g/mol. The Morgan fingerprint density at radius 2 is 0.882 bits per heavy atom. The maximum Gasteiger partial charge on any atom is 0.369 e. The molecule has 0 unspecified atom stereocenters. The molecule has 0 rings (SSSR count). The Kier molecular flexibility index (Phi) is 8.70. The first kappa shape index (κ1) is 16.8. The molecule has 0 aliphatic heterocycles. The second-order valence-electron chi connectivity index (χ2n) is 4.48. The molecule has 0 aliphatic rings. The number of halogens is 2. The van der Waals surface area contributed by atoms with Crippen LogP contribution in [-0.2, 0) is 0 Å². The lowest BCUT2D eigenvalue weighted by Gasteiger charge is -2.38. The average Bonchev–Trinajstić information content (AvgIpc) is 2.28. The van der Waals surface area contributed by atoms with Crippen molar-refractivity contribution in [3.05, 3.63) is 0 Å². The molecule has 4 heteroatoms. The minimum atomic E-state index is -2.79. The van der Waals surface area contributed by atoms with E-state index in [1.807, 2.05) is 27.7 Å². The normalized spacial score (nSPS) is 12.7. The van der Waals surface area contributed by atoms with Crippen molar-refractivity contribution in [2.75, 3.05) is 26.2 Å². The van der Waals surface area contributed by atoms with Crippen LogP contribution >= 0.6 is 0 Å². The molecule has 0 radical (unpaired) electrons. The van der Waals surface area contributed by atoms with Crippen LogP contribution in [-0.4, -0.2) is 42.1 Å². The summed E-state index contributed by atoms with van der Waals surface area (Å²) < 4.78 is 28.7. The number of hydrogen-bond donors (Lipinski definition) is 0. The fourth-order valence-electron chi connectivity index (χ4n) is 2.04. The highest BCUT2D eigenvalue weighted by molar-refractivity contribution is 4.71. The molecule has 17 heavy (non-hydrogen) atoms. The van der Waals surface area contributed by atoms with Gasteiger partial charge in [-0.05, 0) is 25.7 Å². The van der Waals surface area contributed by atoms with Crippen LogP contribution in [0.3, 0.4) is 0 Å². The molecular weight excluding hydrogens is 222 g/mol. The Hall–Kier alpha value is -0.220. The molecule has 104 valence electrons. The van der Waals surface area contributed by atoms with E-state index in [0.717, 1.165) is 25.7 Å². The first-order valence-electron chi connectivity index (χ1n) is 6.92. The molecule has 2 nitrogen and oxygen atoms in total. The van der Waals surface area contributed by atoms with Gasteiger partial charge in [0.15, 0.2) is 0 Å². The summed E-state index contributed by atoms with van der Waals surface area (Å²) in [7, 11) is 0. The molecule has 0 aliphatic carbocycles. The molecule has 0 aromatic heterocycles. The fraction of sp³-hybridized carbons (Fsp3) is 1.00. The van der Waals surface area contributed by atoms with E-state index in [4.69, 9.17) is 0 Å². The highest BCUT2D eigenvalue weighted by Crippen LogP contribution is 2.25. The SMILES string of the molecule is CCCN(CCC)C(F)(F)N(CCC)CCC. The number of nitrogens with zero attached hydrogens (tertiary/aromatic N) is 2. The predicted molar refractivity (Wildman–Crippen MR) is 69.3 cm³/mol. The van der Waals surface area contributed by atoms with Crippen molar-refractivity contribution in [1.82, 2.24) is 9.80 Å². The van der Waals surface area contributed by atoms with Crippen LogP contribution in [0.4, 0.5) is 8.78 Å². The summed E-state index contributed by atoms with van der Waals surface area (Å²) in [5.74, 6) is 0. The standard InChI is InChI=1S/C13H28F2N2/c1-5-9-16(10-6-2)13(14,15)17(11-7-3)12-8-4/h5-12H2,1-4H3. The minimum absolute atomic E-state index is 0.463. The van der Waals surface area contributed by atoms with Gasteiger partial charge in [0.25, 0.3) is 0 Å². The van der Waals surface area contributed by atoms with Gasteiger partial charge in [-0.15, -0.1) is 0 Å². The van der Waals surface area contributed by atoms with E-state index in [9.17, 15) is 8.78 Å². The quantitative estimate of drug-likeness (QED) is 0.430. The van der Waals surface area contributed by atoms with E-state index in [0.29, 0.717) is 26.2 Å². The fourth-order valence-corrected chi connectivity index (χ4v) is 2.04. The zero-order chi connectivity index (χ0) is 13.3. The van der Waals surface area contributed by atoms with Gasteiger partial charge < -0.3 is 0 Å². The van der Waals surface area contributed by atoms with Crippen molar-refractivity contribution in [2.45, 2.75) is 59.5 Å². The summed E-state index contributed by atoms with van der Waals surface area (Å²) in [6.07, 6.45) is 0.269. The van der Waals surface area contributed by atoms with Gasteiger partial charge in [0.2, 0.25) is 0 Å². The van der Waals surface area contributed by atoms with Crippen molar-refractivity contribution < 1.29 is 8.78 Å². The van der Waals surface area contributed by atoms with Crippen LogP contribution in [0.25, 0.3) is 0 Å². The summed E-state index contributed by atoms with van der Waals surface area (Å²) in [4.78, 5) is 2.64. The molecule has 0 atom stereocenters. The average molecular weight is 250 g/mol.